The van der Waals surface area contributed by atoms with Gasteiger partial charge in [-0.3, -0.25) is 4.79 Å². The smallest absolute Gasteiger partial charge is 0.338 e. The van der Waals surface area contributed by atoms with Crippen molar-refractivity contribution in [1.82, 2.24) is 0 Å². The van der Waals surface area contributed by atoms with Gasteiger partial charge >= 0.3 is 5.97 Å². The molecule has 1 aromatic heterocycles. The Labute approximate surface area is 109 Å². The van der Waals surface area contributed by atoms with E-state index in [1.54, 1.807) is 12.1 Å². The van der Waals surface area contributed by atoms with Crippen LogP contribution in [0.5, 0.6) is 0 Å². The highest BCUT2D eigenvalue weighted by atomic mass is 16.4. The largest absolute Gasteiger partial charge is 0.478 e. The maximum atomic E-state index is 11.8. The Balaban J connectivity index is 2.08. The average Bonchev–Trinajstić information content (AvgIpc) is 2.89. The van der Waals surface area contributed by atoms with Crippen molar-refractivity contribution in [3.8, 4) is 0 Å². The summed E-state index contributed by atoms with van der Waals surface area (Å²) in [5, 5.41) is 11.4. The van der Waals surface area contributed by atoms with Crippen molar-refractivity contribution in [2.45, 2.75) is 13.3 Å². The van der Waals surface area contributed by atoms with E-state index in [1.165, 1.54) is 11.6 Å². The number of aromatic carboxylic acids is 1. The number of anilines is 1. The summed E-state index contributed by atoms with van der Waals surface area (Å²) in [6.07, 6.45) is 1.96. The van der Waals surface area contributed by atoms with Crippen LogP contribution < -0.4 is 5.32 Å². The first-order chi connectivity index (χ1) is 9.10. The number of furan rings is 1. The second-order valence-corrected chi connectivity index (χ2v) is 4.01. The number of nitrogens with one attached hydrogen (secondary N) is 1. The Hall–Kier alpha value is -2.56. The molecule has 0 spiro atoms. The van der Waals surface area contributed by atoms with Gasteiger partial charge in [0.05, 0.1) is 5.56 Å². The third-order valence-electron chi connectivity index (χ3n) is 2.69. The van der Waals surface area contributed by atoms with E-state index >= 15 is 0 Å². The molecule has 1 aromatic carbocycles. The fraction of sp³-hybridized carbons (Fsp3) is 0.143. The fourth-order valence-corrected chi connectivity index (χ4v) is 1.58. The number of benzene rings is 1. The van der Waals surface area contributed by atoms with Gasteiger partial charge in [0, 0.05) is 11.8 Å². The van der Waals surface area contributed by atoms with Gasteiger partial charge in [0.2, 0.25) is 0 Å². The Morgan fingerprint density at radius 3 is 2.47 bits per heavy atom. The van der Waals surface area contributed by atoms with Gasteiger partial charge in [0.1, 0.15) is 6.26 Å². The number of carbonyl (C=O) groups excluding carboxylic acids is 1. The van der Waals surface area contributed by atoms with E-state index in [-0.39, 0.29) is 11.3 Å². The van der Waals surface area contributed by atoms with Crippen LogP contribution in [0.1, 0.15) is 33.4 Å². The lowest BCUT2D eigenvalue weighted by atomic mass is 10.1. The van der Waals surface area contributed by atoms with Crippen molar-refractivity contribution in [3.63, 3.8) is 0 Å². The lowest BCUT2D eigenvalue weighted by Crippen LogP contribution is -2.10. The predicted molar refractivity (Wildman–Crippen MR) is 69.4 cm³/mol. The maximum Gasteiger partial charge on any atom is 0.338 e. The number of hydrogen-bond acceptors (Lipinski definition) is 3. The number of rotatable bonds is 4. The fourth-order valence-electron chi connectivity index (χ4n) is 1.58. The Morgan fingerprint density at radius 1 is 1.26 bits per heavy atom. The zero-order valence-corrected chi connectivity index (χ0v) is 10.3. The number of hydrogen-bond donors (Lipinski definition) is 2. The quantitative estimate of drug-likeness (QED) is 0.884. The summed E-state index contributed by atoms with van der Waals surface area (Å²) in [6, 6.07) is 8.61. The summed E-state index contributed by atoms with van der Waals surface area (Å²) in [7, 11) is 0. The number of amides is 1. The van der Waals surface area contributed by atoms with Crippen molar-refractivity contribution in [1.29, 1.82) is 0 Å². The van der Waals surface area contributed by atoms with Gasteiger partial charge < -0.3 is 14.8 Å². The zero-order chi connectivity index (χ0) is 13.8. The molecule has 0 fully saturated rings. The minimum Gasteiger partial charge on any atom is -0.478 e. The second kappa shape index (κ2) is 5.39. The molecule has 0 bridgehead atoms. The van der Waals surface area contributed by atoms with Crippen LogP contribution in [-0.2, 0) is 6.42 Å². The number of carboxylic acid groups (broad SMARTS) is 1. The zero-order valence-electron chi connectivity index (χ0n) is 10.3. The van der Waals surface area contributed by atoms with Crippen LogP contribution in [0.15, 0.2) is 41.0 Å². The molecule has 2 rings (SSSR count). The average molecular weight is 259 g/mol. The van der Waals surface area contributed by atoms with E-state index in [0.29, 0.717) is 5.69 Å². The summed E-state index contributed by atoms with van der Waals surface area (Å²) in [6.45, 7) is 2.05. The molecule has 5 heteroatoms. The molecule has 1 heterocycles. The summed E-state index contributed by atoms with van der Waals surface area (Å²) in [5.74, 6) is -1.64. The predicted octanol–water partition coefficient (Wildman–Crippen LogP) is 2.79. The molecule has 0 saturated carbocycles. The highest BCUT2D eigenvalue weighted by Crippen LogP contribution is 2.13. The topological polar surface area (TPSA) is 79.5 Å². The molecule has 19 heavy (non-hydrogen) atoms. The van der Waals surface area contributed by atoms with E-state index in [2.05, 4.69) is 5.32 Å². The van der Waals surface area contributed by atoms with Gasteiger partial charge in [-0.1, -0.05) is 19.1 Å². The van der Waals surface area contributed by atoms with Crippen molar-refractivity contribution < 1.29 is 19.1 Å². The molecule has 2 aromatic rings. The summed E-state index contributed by atoms with van der Waals surface area (Å²) < 4.78 is 4.91. The van der Waals surface area contributed by atoms with Gasteiger partial charge in [0.15, 0.2) is 5.76 Å². The molecule has 98 valence electrons. The third-order valence-corrected chi connectivity index (χ3v) is 2.69. The lowest BCUT2D eigenvalue weighted by molar-refractivity contribution is 0.0696. The molecule has 1 amide bonds. The SMILES string of the molecule is CCc1ccc(NC(=O)c2cc(C(=O)O)co2)cc1. The van der Waals surface area contributed by atoms with Crippen molar-refractivity contribution in [2.75, 3.05) is 5.32 Å². The monoisotopic (exact) mass is 259 g/mol. The molecule has 0 saturated heterocycles. The molecule has 0 aliphatic carbocycles. The second-order valence-electron chi connectivity index (χ2n) is 4.01. The van der Waals surface area contributed by atoms with Crippen LogP contribution in [0, 0.1) is 0 Å². The Kier molecular flexibility index (Phi) is 3.66. The highest BCUT2D eigenvalue weighted by Gasteiger charge is 2.14. The molecule has 0 aliphatic rings. The summed E-state index contributed by atoms with van der Waals surface area (Å²) >= 11 is 0. The Morgan fingerprint density at radius 2 is 1.95 bits per heavy atom. The van der Waals surface area contributed by atoms with Gasteiger partial charge in [-0.05, 0) is 24.1 Å². The van der Waals surface area contributed by atoms with E-state index in [9.17, 15) is 9.59 Å². The molecule has 5 nitrogen and oxygen atoms in total. The number of carboxylic acids is 1. The molecular weight excluding hydrogens is 246 g/mol. The van der Waals surface area contributed by atoms with E-state index in [0.717, 1.165) is 12.7 Å². The third kappa shape index (κ3) is 3.01. The van der Waals surface area contributed by atoms with E-state index < -0.39 is 11.9 Å². The van der Waals surface area contributed by atoms with Crippen molar-refractivity contribution >= 4 is 17.6 Å². The number of carbonyl (C=O) groups is 2. The highest BCUT2D eigenvalue weighted by molar-refractivity contribution is 6.03. The van der Waals surface area contributed by atoms with E-state index in [4.69, 9.17) is 9.52 Å². The van der Waals surface area contributed by atoms with Crippen molar-refractivity contribution in [2.24, 2.45) is 0 Å². The molecule has 0 aliphatic heterocycles. The van der Waals surface area contributed by atoms with Crippen LogP contribution in [0.2, 0.25) is 0 Å². The van der Waals surface area contributed by atoms with Gasteiger partial charge in [-0.25, -0.2) is 4.79 Å². The molecular formula is C14H13NO4. The van der Waals surface area contributed by atoms with Crippen LogP contribution >= 0.6 is 0 Å². The minimum absolute atomic E-state index is 0.0306. The minimum atomic E-state index is -1.13. The lowest BCUT2D eigenvalue weighted by Gasteiger charge is -2.03. The maximum absolute atomic E-state index is 11.8. The van der Waals surface area contributed by atoms with Gasteiger partial charge in [-0.15, -0.1) is 0 Å². The van der Waals surface area contributed by atoms with Crippen LogP contribution in [0.3, 0.4) is 0 Å². The van der Waals surface area contributed by atoms with Gasteiger partial charge in [0.25, 0.3) is 5.91 Å². The van der Waals surface area contributed by atoms with Crippen LogP contribution in [-0.4, -0.2) is 17.0 Å². The van der Waals surface area contributed by atoms with Crippen LogP contribution in [0.4, 0.5) is 5.69 Å². The van der Waals surface area contributed by atoms with Crippen LogP contribution in [0.25, 0.3) is 0 Å². The number of aryl methyl sites for hydroxylation is 1. The molecule has 0 radical (unpaired) electrons. The van der Waals surface area contributed by atoms with Gasteiger partial charge in [-0.2, -0.15) is 0 Å². The standard InChI is InChI=1S/C14H13NO4/c1-2-9-3-5-11(6-4-9)15-13(16)12-7-10(8-19-12)14(17)18/h3-8H,2H2,1H3,(H,15,16)(H,17,18). The first kappa shape index (κ1) is 12.9. The normalized spacial score (nSPS) is 10.2. The van der Waals surface area contributed by atoms with Crippen molar-refractivity contribution in [3.05, 3.63) is 53.5 Å². The first-order valence-electron chi connectivity index (χ1n) is 5.82. The molecule has 2 N–H and O–H groups in total. The molecule has 0 unspecified atom stereocenters. The summed E-state index contributed by atoms with van der Waals surface area (Å²) in [4.78, 5) is 22.5. The first-order valence-corrected chi connectivity index (χ1v) is 5.82. The summed E-state index contributed by atoms with van der Waals surface area (Å²) in [5.41, 5.74) is 1.76. The van der Waals surface area contributed by atoms with E-state index in [1.807, 2.05) is 19.1 Å². The molecule has 0 atom stereocenters. The Bertz CT molecular complexity index is 598.